The number of imide groups is 1. The SMILES string of the molecule is B[C@@H]1O[C@H](COC(=O)OCc2ccccc2)[C@H](OP(=O)(O)OC)C1CCCNC(=S)NCCN1C(=O)C=CC1=O. The first-order valence-corrected chi connectivity index (χ1v) is 14.6. The summed E-state index contributed by atoms with van der Waals surface area (Å²) in [5.41, 5.74) is 0.796. The van der Waals surface area contributed by atoms with Crippen molar-refractivity contribution >= 4 is 51.0 Å². The Kier molecular flexibility index (Phi) is 12.1. The van der Waals surface area contributed by atoms with E-state index in [2.05, 4.69) is 15.2 Å². The monoisotopic (exact) mass is 597 g/mol. The van der Waals surface area contributed by atoms with Gasteiger partial charge in [0.2, 0.25) is 0 Å². The van der Waals surface area contributed by atoms with Crippen LogP contribution in [-0.2, 0) is 44.0 Å². The van der Waals surface area contributed by atoms with Crippen molar-refractivity contribution in [1.29, 1.82) is 0 Å². The predicted octanol–water partition coefficient (Wildman–Crippen LogP) is 0.615. The van der Waals surface area contributed by atoms with E-state index >= 15 is 0 Å². The maximum Gasteiger partial charge on any atom is 0.508 e. The van der Waals surface area contributed by atoms with Crippen LogP contribution >= 0.6 is 20.0 Å². The highest BCUT2D eigenvalue weighted by molar-refractivity contribution is 7.80. The van der Waals surface area contributed by atoms with Gasteiger partial charge in [-0.3, -0.25) is 23.5 Å². The van der Waals surface area contributed by atoms with Gasteiger partial charge >= 0.3 is 14.0 Å². The summed E-state index contributed by atoms with van der Waals surface area (Å²) in [7, 11) is -1.50. The lowest BCUT2D eigenvalue weighted by atomic mass is 9.82. The van der Waals surface area contributed by atoms with Crippen molar-refractivity contribution in [3.05, 3.63) is 48.0 Å². The van der Waals surface area contributed by atoms with Crippen molar-refractivity contribution < 1.29 is 47.1 Å². The third-order valence-electron chi connectivity index (χ3n) is 6.35. The standard InChI is InChI=1S/C24H33BN3O10PS/c1-34-39(32,33)38-21-17(8-5-11-26-23(40)27-12-13-28-19(29)9-10-20(28)30)22(25)37-18(21)15-36-24(31)35-14-16-6-3-2-4-7-16/h2-4,6-7,9-10,17-18,21-22H,5,8,11-15,25H2,1H3,(H,32,33)(H2,26,27,40)/t17?,18-,21-,22-/m1/s1. The zero-order chi connectivity index (χ0) is 29.1. The van der Waals surface area contributed by atoms with E-state index in [1.54, 1.807) is 20.0 Å². The Labute approximate surface area is 238 Å². The zero-order valence-electron chi connectivity index (χ0n) is 22.2. The van der Waals surface area contributed by atoms with Crippen molar-refractivity contribution in [2.45, 2.75) is 37.7 Å². The molecule has 0 aliphatic carbocycles. The van der Waals surface area contributed by atoms with E-state index in [0.717, 1.165) is 17.6 Å². The number of rotatable bonds is 14. The average molecular weight is 597 g/mol. The van der Waals surface area contributed by atoms with Crippen LogP contribution in [0.4, 0.5) is 4.79 Å². The molecule has 2 aliphatic rings. The first-order valence-electron chi connectivity index (χ1n) is 12.7. The number of amides is 2. The van der Waals surface area contributed by atoms with Crippen LogP contribution in [0.15, 0.2) is 42.5 Å². The molecule has 3 rings (SSSR count). The number of phosphoric acid groups is 1. The van der Waals surface area contributed by atoms with E-state index in [1.807, 2.05) is 18.2 Å². The molecule has 0 radical (unpaired) electrons. The van der Waals surface area contributed by atoms with E-state index < -0.39 is 26.2 Å². The van der Waals surface area contributed by atoms with Crippen LogP contribution in [0.25, 0.3) is 0 Å². The smallest absolute Gasteiger partial charge is 0.431 e. The molecule has 0 bridgehead atoms. The van der Waals surface area contributed by atoms with Crippen LogP contribution in [0.2, 0.25) is 0 Å². The number of carbonyl (C=O) groups is 3. The Morgan fingerprint density at radius 1 is 1.15 bits per heavy atom. The van der Waals surface area contributed by atoms with E-state index in [-0.39, 0.29) is 43.5 Å². The van der Waals surface area contributed by atoms with Crippen LogP contribution in [0.1, 0.15) is 18.4 Å². The number of thiocarbonyl (C=S) groups is 1. The molecule has 0 spiro atoms. The molecule has 0 aromatic heterocycles. The van der Waals surface area contributed by atoms with E-state index in [0.29, 0.717) is 31.0 Å². The molecule has 40 heavy (non-hydrogen) atoms. The van der Waals surface area contributed by atoms with Crippen LogP contribution in [-0.4, -0.2) is 92.3 Å². The van der Waals surface area contributed by atoms with E-state index in [4.69, 9.17) is 31.0 Å². The van der Waals surface area contributed by atoms with Gasteiger partial charge in [0.25, 0.3) is 11.8 Å². The molecule has 13 nitrogen and oxygen atoms in total. The molecule has 1 aromatic rings. The van der Waals surface area contributed by atoms with Gasteiger partial charge in [-0.2, -0.15) is 0 Å². The number of ether oxygens (including phenoxy) is 3. The summed E-state index contributed by atoms with van der Waals surface area (Å²) < 4.78 is 38.5. The Morgan fingerprint density at radius 3 is 2.50 bits per heavy atom. The third-order valence-corrected chi connectivity index (χ3v) is 7.61. The summed E-state index contributed by atoms with van der Waals surface area (Å²) in [5, 5.41) is 6.34. The van der Waals surface area contributed by atoms with Gasteiger partial charge in [-0.25, -0.2) is 9.36 Å². The maximum absolute atomic E-state index is 12.2. The molecule has 1 saturated heterocycles. The Bertz CT molecular complexity index is 1110. The average Bonchev–Trinajstić information content (AvgIpc) is 3.41. The topological polar surface area (TPSA) is 162 Å². The number of nitrogens with zero attached hydrogens (tertiary/aromatic N) is 1. The highest BCUT2D eigenvalue weighted by Gasteiger charge is 2.46. The van der Waals surface area contributed by atoms with Gasteiger partial charge in [0, 0.05) is 50.8 Å². The summed E-state index contributed by atoms with van der Waals surface area (Å²) >= 11 is 5.24. The van der Waals surface area contributed by atoms with Crippen LogP contribution in [0.5, 0.6) is 0 Å². The predicted molar refractivity (Wildman–Crippen MR) is 149 cm³/mol. The zero-order valence-corrected chi connectivity index (χ0v) is 23.9. The van der Waals surface area contributed by atoms with Crippen LogP contribution in [0.3, 0.4) is 0 Å². The number of benzene rings is 1. The lowest BCUT2D eigenvalue weighted by molar-refractivity contribution is -0.136. The first kappa shape index (κ1) is 31.7. The fourth-order valence-corrected chi connectivity index (χ4v) is 5.21. The maximum atomic E-state index is 12.2. The second kappa shape index (κ2) is 15.3. The van der Waals surface area contributed by atoms with Crippen molar-refractivity contribution in [1.82, 2.24) is 15.5 Å². The molecule has 2 heterocycles. The molecule has 5 atom stereocenters. The molecule has 1 fully saturated rings. The molecule has 3 N–H and O–H groups in total. The summed E-state index contributed by atoms with van der Waals surface area (Å²) in [6.07, 6.45) is 0.968. The fourth-order valence-electron chi connectivity index (χ4n) is 4.32. The Balaban J connectivity index is 1.43. The summed E-state index contributed by atoms with van der Waals surface area (Å²) in [6, 6.07) is 8.73. The van der Waals surface area contributed by atoms with Crippen LogP contribution in [0, 0.1) is 5.92 Å². The van der Waals surface area contributed by atoms with Crippen LogP contribution < -0.4 is 10.6 Å². The van der Waals surface area contributed by atoms with Crippen molar-refractivity contribution in [3.8, 4) is 0 Å². The largest absolute Gasteiger partial charge is 0.508 e. The lowest BCUT2D eigenvalue weighted by Crippen LogP contribution is -2.42. The second-order valence-corrected chi connectivity index (χ2v) is 11.0. The Morgan fingerprint density at radius 2 is 1.82 bits per heavy atom. The normalized spacial score (nSPS) is 23.6. The minimum atomic E-state index is -4.36. The first-order chi connectivity index (χ1) is 19.1. The van der Waals surface area contributed by atoms with Gasteiger partial charge in [-0.1, -0.05) is 30.3 Å². The Hall–Kier alpha value is -2.81. The van der Waals surface area contributed by atoms with Gasteiger partial charge in [-0.15, -0.1) is 0 Å². The van der Waals surface area contributed by atoms with Gasteiger partial charge in [0.1, 0.15) is 33.3 Å². The minimum Gasteiger partial charge on any atom is -0.431 e. The number of hydrogen-bond donors (Lipinski definition) is 3. The van der Waals surface area contributed by atoms with Gasteiger partial charge in [-0.05, 0) is 30.6 Å². The quantitative estimate of drug-likeness (QED) is 0.0684. The molecule has 2 aliphatic heterocycles. The molecule has 2 amide bonds. The van der Waals surface area contributed by atoms with Gasteiger partial charge in [0.05, 0.1) is 0 Å². The number of hydrogen-bond acceptors (Lipinski definition) is 10. The highest BCUT2D eigenvalue weighted by Crippen LogP contribution is 2.48. The van der Waals surface area contributed by atoms with Gasteiger partial charge in [0.15, 0.2) is 5.11 Å². The fraction of sp³-hybridized carbons (Fsp3) is 0.500. The van der Waals surface area contributed by atoms with Crippen molar-refractivity contribution in [2.24, 2.45) is 5.92 Å². The number of carbonyl (C=O) groups excluding carboxylic acids is 3. The van der Waals surface area contributed by atoms with E-state index in [1.165, 1.54) is 12.2 Å². The minimum absolute atomic E-state index is 0.0368. The lowest BCUT2D eigenvalue weighted by Gasteiger charge is -2.25. The summed E-state index contributed by atoms with van der Waals surface area (Å²) in [5.74, 6) is -1.03. The summed E-state index contributed by atoms with van der Waals surface area (Å²) in [4.78, 5) is 46.4. The molecule has 1 aromatic carbocycles. The molecule has 0 saturated carbocycles. The van der Waals surface area contributed by atoms with Crippen molar-refractivity contribution in [3.63, 3.8) is 0 Å². The molecule has 16 heteroatoms. The molecular formula is C24H33BN3O10PS. The molecular weight excluding hydrogens is 564 g/mol. The highest BCUT2D eigenvalue weighted by atomic mass is 32.1. The molecule has 218 valence electrons. The number of nitrogens with one attached hydrogen (secondary N) is 2. The van der Waals surface area contributed by atoms with Crippen molar-refractivity contribution in [2.75, 3.05) is 33.4 Å². The third kappa shape index (κ3) is 9.68. The molecule has 2 unspecified atom stereocenters. The summed E-state index contributed by atoms with van der Waals surface area (Å²) in [6.45, 7) is 0.750. The second-order valence-electron chi connectivity index (χ2n) is 9.09. The van der Waals surface area contributed by atoms with E-state index in [9.17, 15) is 23.8 Å². The van der Waals surface area contributed by atoms with Gasteiger partial charge < -0.3 is 29.7 Å². The number of phosphoric ester groups is 1.